The molecule has 0 fully saturated rings. The quantitative estimate of drug-likeness (QED) is 0.252. The van der Waals surface area contributed by atoms with Gasteiger partial charge in [0.1, 0.15) is 11.8 Å². The molecule has 1 amide bonds. The van der Waals surface area contributed by atoms with Crippen molar-refractivity contribution in [3.63, 3.8) is 0 Å². The van der Waals surface area contributed by atoms with Gasteiger partial charge in [0, 0.05) is 30.8 Å². The third kappa shape index (κ3) is 9.89. The molecule has 5 nitrogen and oxygen atoms in total. The van der Waals surface area contributed by atoms with Gasteiger partial charge in [0.15, 0.2) is 0 Å². The Kier molecular flexibility index (Phi) is 11.4. The molecule has 194 valence electrons. The molecule has 6 heteroatoms. The molecule has 0 aliphatic carbocycles. The highest BCUT2D eigenvalue weighted by Crippen LogP contribution is 2.22. The number of carboxylic acid groups (broad SMARTS) is 1. The van der Waals surface area contributed by atoms with Gasteiger partial charge in [-0.3, -0.25) is 9.59 Å². The standard InChI is InChI=1S/C31H35NO4S/c1-2-10-24(18-28(33)19-25-13-9-16-27(17-25)26-14-7-4-8-15-26)20-30(34)32-29(31(35)36)22-37-21-23-11-5-3-6-12-23/h3-9,11-17,24,29H,2,10,18-22H2,1H3,(H,32,34)(H,35,36)/t24?,29-/m0/s1. The number of benzene rings is 3. The van der Waals surface area contributed by atoms with E-state index in [1.165, 1.54) is 11.8 Å². The summed E-state index contributed by atoms with van der Waals surface area (Å²) in [7, 11) is 0. The van der Waals surface area contributed by atoms with E-state index in [-0.39, 0.29) is 29.8 Å². The van der Waals surface area contributed by atoms with Gasteiger partial charge >= 0.3 is 5.97 Å². The van der Waals surface area contributed by atoms with E-state index in [1.807, 2.05) is 91.9 Å². The molecular weight excluding hydrogens is 482 g/mol. The molecule has 0 bridgehead atoms. The lowest BCUT2D eigenvalue weighted by atomic mass is 9.91. The van der Waals surface area contributed by atoms with Gasteiger partial charge in [-0.15, -0.1) is 0 Å². The maximum Gasteiger partial charge on any atom is 0.327 e. The Morgan fingerprint density at radius 1 is 0.838 bits per heavy atom. The summed E-state index contributed by atoms with van der Waals surface area (Å²) in [5, 5.41) is 12.3. The van der Waals surface area contributed by atoms with Crippen LogP contribution in [0.3, 0.4) is 0 Å². The molecule has 0 saturated carbocycles. The fraction of sp³-hybridized carbons (Fsp3) is 0.323. The molecule has 0 aliphatic heterocycles. The van der Waals surface area contributed by atoms with Crippen LogP contribution in [0.4, 0.5) is 0 Å². The summed E-state index contributed by atoms with van der Waals surface area (Å²) in [6.07, 6.45) is 2.36. The maximum absolute atomic E-state index is 12.9. The Morgan fingerprint density at radius 2 is 1.49 bits per heavy atom. The van der Waals surface area contributed by atoms with Crippen LogP contribution in [0.2, 0.25) is 0 Å². The van der Waals surface area contributed by atoms with Gasteiger partial charge < -0.3 is 10.4 Å². The molecule has 0 radical (unpaired) electrons. The van der Waals surface area contributed by atoms with Crippen LogP contribution in [0, 0.1) is 5.92 Å². The van der Waals surface area contributed by atoms with Crippen LogP contribution in [0.25, 0.3) is 11.1 Å². The smallest absolute Gasteiger partial charge is 0.327 e. The van der Waals surface area contributed by atoms with Crippen molar-refractivity contribution in [2.75, 3.05) is 5.75 Å². The molecule has 3 aromatic carbocycles. The number of carbonyl (C=O) groups is 3. The second kappa shape index (κ2) is 15.0. The predicted molar refractivity (Wildman–Crippen MR) is 150 cm³/mol. The number of nitrogens with one attached hydrogen (secondary N) is 1. The zero-order chi connectivity index (χ0) is 26.5. The van der Waals surface area contributed by atoms with Crippen molar-refractivity contribution < 1.29 is 19.5 Å². The van der Waals surface area contributed by atoms with E-state index >= 15 is 0 Å². The fourth-order valence-corrected chi connectivity index (χ4v) is 5.36. The number of rotatable bonds is 15. The molecule has 0 aliphatic rings. The monoisotopic (exact) mass is 517 g/mol. The number of hydrogen-bond acceptors (Lipinski definition) is 4. The van der Waals surface area contributed by atoms with Crippen LogP contribution in [-0.2, 0) is 26.6 Å². The second-order valence-corrected chi connectivity index (χ2v) is 10.3. The van der Waals surface area contributed by atoms with Gasteiger partial charge in [-0.2, -0.15) is 11.8 Å². The maximum atomic E-state index is 12.9. The zero-order valence-electron chi connectivity index (χ0n) is 21.3. The van der Waals surface area contributed by atoms with Crippen LogP contribution in [0.5, 0.6) is 0 Å². The molecule has 37 heavy (non-hydrogen) atoms. The first kappa shape index (κ1) is 28.2. The topological polar surface area (TPSA) is 83.5 Å². The number of amides is 1. The van der Waals surface area contributed by atoms with Crippen LogP contribution in [0.15, 0.2) is 84.9 Å². The van der Waals surface area contributed by atoms with Crippen LogP contribution < -0.4 is 5.32 Å². The highest BCUT2D eigenvalue weighted by Gasteiger charge is 2.23. The lowest BCUT2D eigenvalue weighted by Gasteiger charge is -2.18. The molecule has 0 spiro atoms. The SMILES string of the molecule is CCCC(CC(=O)Cc1cccc(-c2ccccc2)c1)CC(=O)N[C@@H](CSCc1ccccc1)C(=O)O. The summed E-state index contributed by atoms with van der Waals surface area (Å²) in [5.74, 6) is -0.421. The van der Waals surface area contributed by atoms with E-state index in [0.717, 1.165) is 35.1 Å². The third-order valence-electron chi connectivity index (χ3n) is 6.15. The Balaban J connectivity index is 1.51. The molecular formula is C31H35NO4S. The first-order chi connectivity index (χ1) is 17.9. The van der Waals surface area contributed by atoms with E-state index in [9.17, 15) is 19.5 Å². The van der Waals surface area contributed by atoms with Crippen molar-refractivity contribution >= 4 is 29.4 Å². The van der Waals surface area contributed by atoms with Crippen LogP contribution >= 0.6 is 11.8 Å². The molecule has 0 heterocycles. The lowest BCUT2D eigenvalue weighted by Crippen LogP contribution is -2.43. The molecule has 0 aromatic heterocycles. The van der Waals surface area contributed by atoms with Crippen molar-refractivity contribution in [2.45, 2.75) is 50.8 Å². The summed E-state index contributed by atoms with van der Waals surface area (Å²) in [4.78, 5) is 37.3. The molecule has 3 rings (SSSR count). The van der Waals surface area contributed by atoms with Crippen molar-refractivity contribution in [1.82, 2.24) is 5.32 Å². The number of ketones is 1. The Labute approximate surface area is 223 Å². The third-order valence-corrected chi connectivity index (χ3v) is 7.26. The van der Waals surface area contributed by atoms with Gasteiger partial charge in [-0.05, 0) is 34.6 Å². The van der Waals surface area contributed by atoms with Crippen LogP contribution in [-0.4, -0.2) is 34.6 Å². The first-order valence-electron chi connectivity index (χ1n) is 12.7. The number of carboxylic acids is 1. The van der Waals surface area contributed by atoms with Gasteiger partial charge in [0.25, 0.3) is 0 Å². The molecule has 2 N–H and O–H groups in total. The number of Topliss-reactive ketones (excluding diaryl/α,β-unsaturated/α-hetero) is 1. The summed E-state index contributed by atoms with van der Waals surface area (Å²) < 4.78 is 0. The van der Waals surface area contributed by atoms with Gasteiger partial charge in [0.2, 0.25) is 5.91 Å². The minimum Gasteiger partial charge on any atom is -0.480 e. The lowest BCUT2D eigenvalue weighted by molar-refractivity contribution is -0.141. The summed E-state index contributed by atoms with van der Waals surface area (Å²) in [5.41, 5.74) is 4.23. The average Bonchev–Trinajstić information content (AvgIpc) is 2.89. The minimum absolute atomic E-state index is 0.0877. The van der Waals surface area contributed by atoms with Gasteiger partial charge in [0.05, 0.1) is 0 Å². The molecule has 2 atom stereocenters. The minimum atomic E-state index is -1.05. The molecule has 3 aromatic rings. The number of thioether (sulfide) groups is 1. The summed E-state index contributed by atoms with van der Waals surface area (Å²) in [6, 6.07) is 26.9. The second-order valence-electron chi connectivity index (χ2n) is 9.30. The predicted octanol–water partition coefficient (Wildman–Crippen LogP) is 6.16. The Hall–Kier alpha value is -3.38. The van der Waals surface area contributed by atoms with E-state index in [4.69, 9.17) is 0 Å². The van der Waals surface area contributed by atoms with E-state index in [2.05, 4.69) is 5.32 Å². The van der Waals surface area contributed by atoms with Crippen molar-refractivity contribution in [1.29, 1.82) is 0 Å². The zero-order valence-corrected chi connectivity index (χ0v) is 22.1. The number of aliphatic carboxylic acids is 1. The van der Waals surface area contributed by atoms with Crippen molar-refractivity contribution in [3.8, 4) is 11.1 Å². The van der Waals surface area contributed by atoms with Gasteiger partial charge in [-0.1, -0.05) is 98.3 Å². The van der Waals surface area contributed by atoms with E-state index < -0.39 is 12.0 Å². The molecule has 1 unspecified atom stereocenters. The highest BCUT2D eigenvalue weighted by molar-refractivity contribution is 7.98. The van der Waals surface area contributed by atoms with Crippen LogP contribution in [0.1, 0.15) is 43.7 Å². The number of hydrogen-bond donors (Lipinski definition) is 2. The van der Waals surface area contributed by atoms with Crippen molar-refractivity contribution in [3.05, 3.63) is 96.1 Å². The highest BCUT2D eigenvalue weighted by atomic mass is 32.2. The van der Waals surface area contributed by atoms with Crippen molar-refractivity contribution in [2.24, 2.45) is 5.92 Å². The molecule has 0 saturated heterocycles. The van der Waals surface area contributed by atoms with Gasteiger partial charge in [-0.25, -0.2) is 4.79 Å². The Morgan fingerprint density at radius 3 is 2.16 bits per heavy atom. The summed E-state index contributed by atoms with van der Waals surface area (Å²) >= 11 is 1.48. The number of carbonyl (C=O) groups excluding carboxylic acids is 2. The first-order valence-corrected chi connectivity index (χ1v) is 13.9. The normalized spacial score (nSPS) is 12.5. The largest absolute Gasteiger partial charge is 0.480 e. The van der Waals surface area contributed by atoms with E-state index in [0.29, 0.717) is 18.6 Å². The van der Waals surface area contributed by atoms with E-state index in [1.54, 1.807) is 0 Å². The average molecular weight is 518 g/mol. The summed E-state index contributed by atoms with van der Waals surface area (Å²) in [6.45, 7) is 2.03. The fourth-order valence-electron chi connectivity index (χ4n) is 4.36. The Bertz CT molecular complexity index is 1150.